The molecule has 0 aromatic heterocycles. The molecule has 22 heavy (non-hydrogen) atoms. The summed E-state index contributed by atoms with van der Waals surface area (Å²) in [6.45, 7) is 4.58. The fourth-order valence-corrected chi connectivity index (χ4v) is 6.00. The molecule has 2 aromatic rings. The van der Waals surface area contributed by atoms with E-state index in [2.05, 4.69) is 13.8 Å². The molecule has 1 nitrogen and oxygen atoms in total. The Kier molecular flexibility index (Phi) is 11.9. The average molecular weight is 403 g/mol. The van der Waals surface area contributed by atoms with Crippen molar-refractivity contribution in [2.75, 3.05) is 0 Å². The van der Waals surface area contributed by atoms with E-state index in [0.717, 1.165) is 11.5 Å². The SMILES string of the molecule is CCC[CH2][Sn][CH2]CCC.c1ccc(Oc2ccccc2)cc1. The maximum absolute atomic E-state index is 5.58. The predicted octanol–water partition coefficient (Wildman–Crippen LogP) is 6.61. The number of hydrogen-bond acceptors (Lipinski definition) is 1. The fraction of sp³-hybridized carbons (Fsp3) is 0.400. The summed E-state index contributed by atoms with van der Waals surface area (Å²) >= 11 is 0.149. The minimum Gasteiger partial charge on any atom is -0.457 e. The molecule has 0 saturated heterocycles. The van der Waals surface area contributed by atoms with Crippen molar-refractivity contribution in [3.8, 4) is 11.5 Å². The Hall–Kier alpha value is -0.961. The molecule has 0 fully saturated rings. The molecule has 2 heteroatoms. The first-order valence-electron chi connectivity index (χ1n) is 8.35. The van der Waals surface area contributed by atoms with Crippen molar-refractivity contribution in [2.45, 2.75) is 48.4 Å². The third kappa shape index (κ3) is 9.88. The van der Waals surface area contributed by atoms with E-state index >= 15 is 0 Å². The molecule has 2 aromatic carbocycles. The molecule has 0 aliphatic heterocycles. The number of hydrogen-bond donors (Lipinski definition) is 0. The van der Waals surface area contributed by atoms with Gasteiger partial charge in [-0.05, 0) is 24.3 Å². The van der Waals surface area contributed by atoms with Gasteiger partial charge in [0.05, 0.1) is 0 Å². The van der Waals surface area contributed by atoms with Crippen LogP contribution in [-0.4, -0.2) is 21.1 Å². The van der Waals surface area contributed by atoms with E-state index in [0.29, 0.717) is 0 Å². The van der Waals surface area contributed by atoms with Crippen LogP contribution in [0, 0.1) is 0 Å². The zero-order valence-corrected chi connectivity index (χ0v) is 16.8. The summed E-state index contributed by atoms with van der Waals surface area (Å²) in [6, 6.07) is 19.5. The van der Waals surface area contributed by atoms with Crippen LogP contribution in [0.5, 0.6) is 11.5 Å². The number of rotatable bonds is 8. The number of benzene rings is 2. The average Bonchev–Trinajstić information content (AvgIpc) is 2.57. The topological polar surface area (TPSA) is 9.23 Å². The molecule has 0 atom stereocenters. The molecule has 0 saturated carbocycles. The van der Waals surface area contributed by atoms with Gasteiger partial charge in [0, 0.05) is 0 Å². The quantitative estimate of drug-likeness (QED) is 0.356. The number of unbranched alkanes of at least 4 members (excludes halogenated alkanes) is 2. The molecule has 0 heterocycles. The van der Waals surface area contributed by atoms with E-state index in [9.17, 15) is 0 Å². The van der Waals surface area contributed by atoms with E-state index in [4.69, 9.17) is 4.74 Å². The van der Waals surface area contributed by atoms with Crippen molar-refractivity contribution < 1.29 is 4.74 Å². The zero-order chi connectivity index (χ0) is 15.9. The minimum absolute atomic E-state index is 0.149. The summed E-state index contributed by atoms with van der Waals surface area (Å²) in [5.74, 6) is 1.74. The first-order chi connectivity index (χ1) is 10.9. The summed E-state index contributed by atoms with van der Waals surface area (Å²) in [5.41, 5.74) is 0. The third-order valence-electron chi connectivity index (χ3n) is 3.14. The van der Waals surface area contributed by atoms with E-state index in [1.54, 1.807) is 8.87 Å². The largest absolute Gasteiger partial charge is 0.457 e. The van der Waals surface area contributed by atoms with E-state index in [-0.39, 0.29) is 21.1 Å². The van der Waals surface area contributed by atoms with Crippen molar-refractivity contribution >= 4 is 21.1 Å². The summed E-state index contributed by atoms with van der Waals surface area (Å²) in [5, 5.41) is 0. The fourth-order valence-electron chi connectivity index (χ4n) is 1.84. The molecule has 118 valence electrons. The van der Waals surface area contributed by atoms with Crippen LogP contribution in [0.25, 0.3) is 0 Å². The van der Waals surface area contributed by atoms with Gasteiger partial charge in [-0.15, -0.1) is 0 Å². The Morgan fingerprint density at radius 3 is 1.45 bits per heavy atom. The summed E-state index contributed by atoms with van der Waals surface area (Å²) in [6.07, 6.45) is 5.84. The van der Waals surface area contributed by atoms with Gasteiger partial charge in [0.2, 0.25) is 0 Å². The Morgan fingerprint density at radius 2 is 1.09 bits per heavy atom. The maximum atomic E-state index is 5.58. The van der Waals surface area contributed by atoms with Crippen LogP contribution < -0.4 is 4.74 Å². The molecule has 0 N–H and O–H groups in total. The van der Waals surface area contributed by atoms with Gasteiger partial charge >= 0.3 is 69.5 Å². The van der Waals surface area contributed by atoms with Crippen molar-refractivity contribution in [3.63, 3.8) is 0 Å². The number of ether oxygens (including phenoxy) is 1. The first-order valence-corrected chi connectivity index (χ1v) is 12.4. The molecule has 2 radical (unpaired) electrons. The molecular formula is C20H28OSn. The first kappa shape index (κ1) is 19.1. The van der Waals surface area contributed by atoms with Gasteiger partial charge in [-0.2, -0.15) is 0 Å². The second-order valence-electron chi connectivity index (χ2n) is 5.19. The van der Waals surface area contributed by atoms with E-state index in [1.165, 1.54) is 25.7 Å². The second kappa shape index (κ2) is 13.7. The Labute approximate surface area is 146 Å². The van der Waals surface area contributed by atoms with E-state index in [1.807, 2.05) is 60.7 Å². The predicted molar refractivity (Wildman–Crippen MR) is 98.1 cm³/mol. The van der Waals surface area contributed by atoms with Crippen LogP contribution in [0.4, 0.5) is 0 Å². The zero-order valence-electron chi connectivity index (χ0n) is 13.9. The summed E-state index contributed by atoms with van der Waals surface area (Å²) in [4.78, 5) is 0. The molecule has 0 amide bonds. The van der Waals surface area contributed by atoms with E-state index < -0.39 is 0 Å². The Balaban J connectivity index is 0.000000239. The Morgan fingerprint density at radius 1 is 0.682 bits per heavy atom. The van der Waals surface area contributed by atoms with Gasteiger partial charge in [0.1, 0.15) is 11.5 Å². The molecule has 0 bridgehead atoms. The van der Waals surface area contributed by atoms with Crippen LogP contribution in [0.3, 0.4) is 0 Å². The molecule has 0 aliphatic carbocycles. The van der Waals surface area contributed by atoms with Crippen molar-refractivity contribution in [2.24, 2.45) is 0 Å². The Bertz CT molecular complexity index is 412. The van der Waals surface area contributed by atoms with Gasteiger partial charge < -0.3 is 4.74 Å². The molecule has 0 aliphatic rings. The molecule has 0 unspecified atom stereocenters. The molecular weight excluding hydrogens is 375 g/mol. The van der Waals surface area contributed by atoms with Gasteiger partial charge in [0.25, 0.3) is 0 Å². The monoisotopic (exact) mass is 404 g/mol. The maximum Gasteiger partial charge on any atom is 0.127 e. The van der Waals surface area contributed by atoms with Crippen molar-refractivity contribution in [1.82, 2.24) is 0 Å². The summed E-state index contributed by atoms with van der Waals surface area (Å²) in [7, 11) is 0. The molecule has 0 spiro atoms. The second-order valence-corrected chi connectivity index (χ2v) is 9.47. The van der Waals surface area contributed by atoms with Gasteiger partial charge in [-0.25, -0.2) is 0 Å². The van der Waals surface area contributed by atoms with Gasteiger partial charge in [-0.3, -0.25) is 0 Å². The summed E-state index contributed by atoms with van der Waals surface area (Å²) < 4.78 is 8.83. The normalized spacial score (nSPS) is 9.73. The van der Waals surface area contributed by atoms with Gasteiger partial charge in [0.15, 0.2) is 0 Å². The third-order valence-corrected chi connectivity index (χ3v) is 7.17. The van der Waals surface area contributed by atoms with Crippen molar-refractivity contribution in [3.05, 3.63) is 60.7 Å². The molecule has 2 rings (SSSR count). The smallest absolute Gasteiger partial charge is 0.127 e. The van der Waals surface area contributed by atoms with Crippen LogP contribution in [-0.2, 0) is 0 Å². The van der Waals surface area contributed by atoms with Crippen LogP contribution in [0.1, 0.15) is 39.5 Å². The minimum atomic E-state index is 0.149. The standard InChI is InChI=1S/C12H10O.2C4H9.Sn/c1-3-7-11(8-4-1)13-12-9-5-2-6-10-12;2*1-3-4-2;/h1-10H;2*1,3-4H2,2H3;. The number of para-hydroxylation sites is 2. The van der Waals surface area contributed by atoms with Crippen LogP contribution in [0.15, 0.2) is 60.7 Å². The van der Waals surface area contributed by atoms with Crippen molar-refractivity contribution in [1.29, 1.82) is 0 Å². The van der Waals surface area contributed by atoms with Crippen LogP contribution >= 0.6 is 0 Å². The van der Waals surface area contributed by atoms with Gasteiger partial charge in [-0.1, -0.05) is 36.4 Å². The van der Waals surface area contributed by atoms with Crippen LogP contribution in [0.2, 0.25) is 8.87 Å².